The SMILES string of the molecule is CC(C)N1CCC2(CC1)C[C@H](NC(=O)[C@@H]1C[C@H]1C)c1ccccc1O2. The third-order valence-corrected chi connectivity index (χ3v) is 6.40. The lowest BCUT2D eigenvalue weighted by molar-refractivity contribution is -0.124. The smallest absolute Gasteiger partial charge is 0.223 e. The van der Waals surface area contributed by atoms with Crippen molar-refractivity contribution in [3.05, 3.63) is 29.8 Å². The summed E-state index contributed by atoms with van der Waals surface area (Å²) in [6.07, 6.45) is 3.99. The Bertz CT molecular complexity index is 649. The summed E-state index contributed by atoms with van der Waals surface area (Å²) in [7, 11) is 0. The molecule has 1 spiro atoms. The first-order valence-corrected chi connectivity index (χ1v) is 9.80. The molecule has 25 heavy (non-hydrogen) atoms. The Balaban J connectivity index is 1.53. The lowest BCUT2D eigenvalue weighted by Gasteiger charge is -2.47. The number of nitrogens with one attached hydrogen (secondary N) is 1. The number of hydrogen-bond donors (Lipinski definition) is 1. The first-order valence-electron chi connectivity index (χ1n) is 9.80. The second-order valence-corrected chi connectivity index (χ2v) is 8.54. The Morgan fingerprint density at radius 1 is 1.28 bits per heavy atom. The zero-order valence-corrected chi connectivity index (χ0v) is 15.6. The molecule has 4 heteroatoms. The number of likely N-dealkylation sites (tertiary alicyclic amines) is 1. The van der Waals surface area contributed by atoms with E-state index in [0.29, 0.717) is 12.0 Å². The molecule has 2 aliphatic heterocycles. The number of fused-ring (bicyclic) bond motifs is 1. The zero-order valence-electron chi connectivity index (χ0n) is 15.6. The van der Waals surface area contributed by atoms with Crippen molar-refractivity contribution in [1.29, 1.82) is 0 Å². The first kappa shape index (κ1) is 16.9. The molecule has 1 aromatic rings. The molecule has 1 saturated carbocycles. The molecule has 3 atom stereocenters. The minimum Gasteiger partial charge on any atom is -0.487 e. The lowest BCUT2D eigenvalue weighted by Crippen LogP contribution is -2.53. The van der Waals surface area contributed by atoms with Gasteiger partial charge in [0.25, 0.3) is 0 Å². The monoisotopic (exact) mass is 342 g/mol. The van der Waals surface area contributed by atoms with Crippen LogP contribution in [0.1, 0.15) is 58.1 Å². The van der Waals surface area contributed by atoms with Crippen molar-refractivity contribution < 1.29 is 9.53 Å². The summed E-state index contributed by atoms with van der Waals surface area (Å²) >= 11 is 0. The Morgan fingerprint density at radius 2 is 1.96 bits per heavy atom. The molecule has 1 aromatic carbocycles. The molecule has 0 unspecified atom stereocenters. The van der Waals surface area contributed by atoms with Crippen LogP contribution in [0.4, 0.5) is 0 Å². The summed E-state index contributed by atoms with van der Waals surface area (Å²) in [5.41, 5.74) is 1.01. The first-order chi connectivity index (χ1) is 12.0. The largest absolute Gasteiger partial charge is 0.487 e. The third kappa shape index (κ3) is 3.29. The quantitative estimate of drug-likeness (QED) is 0.914. The van der Waals surface area contributed by atoms with Crippen LogP contribution in [0.2, 0.25) is 0 Å². The molecule has 0 radical (unpaired) electrons. The molecule has 1 amide bonds. The highest BCUT2D eigenvalue weighted by Crippen LogP contribution is 2.45. The maximum absolute atomic E-state index is 12.5. The molecule has 0 aromatic heterocycles. The Morgan fingerprint density at radius 3 is 2.60 bits per heavy atom. The highest BCUT2D eigenvalue weighted by Gasteiger charge is 2.46. The summed E-state index contributed by atoms with van der Waals surface area (Å²) < 4.78 is 6.52. The van der Waals surface area contributed by atoms with E-state index in [4.69, 9.17) is 4.74 Å². The molecule has 4 nitrogen and oxygen atoms in total. The van der Waals surface area contributed by atoms with E-state index in [1.807, 2.05) is 12.1 Å². The van der Waals surface area contributed by atoms with Gasteiger partial charge < -0.3 is 15.0 Å². The van der Waals surface area contributed by atoms with Gasteiger partial charge in [0.1, 0.15) is 11.4 Å². The van der Waals surface area contributed by atoms with E-state index in [2.05, 4.69) is 43.1 Å². The van der Waals surface area contributed by atoms with Crippen molar-refractivity contribution in [3.8, 4) is 5.75 Å². The van der Waals surface area contributed by atoms with Crippen LogP contribution in [0.15, 0.2) is 24.3 Å². The average molecular weight is 342 g/mol. The number of nitrogens with zero attached hydrogens (tertiary/aromatic N) is 1. The van der Waals surface area contributed by atoms with E-state index in [1.54, 1.807) is 0 Å². The van der Waals surface area contributed by atoms with Gasteiger partial charge in [0.2, 0.25) is 5.91 Å². The van der Waals surface area contributed by atoms with Crippen molar-refractivity contribution in [1.82, 2.24) is 10.2 Å². The predicted molar refractivity (Wildman–Crippen MR) is 98.5 cm³/mol. The molecule has 1 N–H and O–H groups in total. The molecule has 4 rings (SSSR count). The summed E-state index contributed by atoms with van der Waals surface area (Å²) in [5.74, 6) is 1.94. The molecule has 2 heterocycles. The number of ether oxygens (including phenoxy) is 1. The normalized spacial score (nSPS) is 30.6. The number of hydrogen-bond acceptors (Lipinski definition) is 3. The minimum absolute atomic E-state index is 0.0795. The molecule has 0 bridgehead atoms. The van der Waals surface area contributed by atoms with Crippen LogP contribution >= 0.6 is 0 Å². The van der Waals surface area contributed by atoms with Gasteiger partial charge in [0.15, 0.2) is 0 Å². The molecule has 1 aliphatic carbocycles. The van der Waals surface area contributed by atoms with Crippen LogP contribution < -0.4 is 10.1 Å². The van der Waals surface area contributed by atoms with E-state index in [0.717, 1.165) is 50.1 Å². The molecule has 3 aliphatic rings. The fraction of sp³-hybridized carbons (Fsp3) is 0.667. The molecule has 2 fully saturated rings. The number of para-hydroxylation sites is 1. The van der Waals surface area contributed by atoms with E-state index < -0.39 is 0 Å². The van der Waals surface area contributed by atoms with Gasteiger partial charge >= 0.3 is 0 Å². The van der Waals surface area contributed by atoms with Crippen molar-refractivity contribution in [2.24, 2.45) is 11.8 Å². The Labute approximate surface area is 150 Å². The van der Waals surface area contributed by atoms with Gasteiger partial charge in [-0.15, -0.1) is 0 Å². The average Bonchev–Trinajstić information content (AvgIpc) is 3.32. The molecular formula is C21H30N2O2. The van der Waals surface area contributed by atoms with Gasteiger partial charge in [-0.2, -0.15) is 0 Å². The Hall–Kier alpha value is -1.55. The van der Waals surface area contributed by atoms with Crippen LogP contribution in [0.3, 0.4) is 0 Å². The zero-order chi connectivity index (χ0) is 17.6. The van der Waals surface area contributed by atoms with Gasteiger partial charge in [-0.1, -0.05) is 25.1 Å². The maximum Gasteiger partial charge on any atom is 0.223 e. The summed E-state index contributed by atoms with van der Waals surface area (Å²) in [4.78, 5) is 15.1. The number of carbonyl (C=O) groups excluding carboxylic acids is 1. The van der Waals surface area contributed by atoms with Crippen LogP contribution in [-0.4, -0.2) is 35.5 Å². The highest BCUT2D eigenvalue weighted by atomic mass is 16.5. The van der Waals surface area contributed by atoms with E-state index in [1.165, 1.54) is 0 Å². The van der Waals surface area contributed by atoms with Crippen molar-refractivity contribution in [3.63, 3.8) is 0 Å². The number of piperidine rings is 1. The van der Waals surface area contributed by atoms with Crippen LogP contribution in [0.25, 0.3) is 0 Å². The number of benzene rings is 1. The fourth-order valence-corrected chi connectivity index (χ4v) is 4.47. The molecule has 1 saturated heterocycles. The second kappa shape index (κ2) is 6.31. The predicted octanol–water partition coefficient (Wildman–Crippen LogP) is 3.53. The summed E-state index contributed by atoms with van der Waals surface area (Å²) in [5, 5.41) is 3.34. The molecular weight excluding hydrogens is 312 g/mol. The fourth-order valence-electron chi connectivity index (χ4n) is 4.47. The van der Waals surface area contributed by atoms with Crippen LogP contribution in [-0.2, 0) is 4.79 Å². The van der Waals surface area contributed by atoms with Gasteiger partial charge in [0, 0.05) is 37.0 Å². The number of rotatable bonds is 3. The van der Waals surface area contributed by atoms with E-state index in [-0.39, 0.29) is 23.5 Å². The van der Waals surface area contributed by atoms with Crippen LogP contribution in [0, 0.1) is 11.8 Å². The topological polar surface area (TPSA) is 41.6 Å². The lowest BCUT2D eigenvalue weighted by atomic mass is 9.80. The highest BCUT2D eigenvalue weighted by molar-refractivity contribution is 5.82. The molecule has 136 valence electrons. The third-order valence-electron chi connectivity index (χ3n) is 6.40. The van der Waals surface area contributed by atoms with Gasteiger partial charge in [-0.05, 0) is 45.1 Å². The van der Waals surface area contributed by atoms with Crippen molar-refractivity contribution in [2.75, 3.05) is 13.1 Å². The van der Waals surface area contributed by atoms with Crippen molar-refractivity contribution >= 4 is 5.91 Å². The van der Waals surface area contributed by atoms with Crippen LogP contribution in [0.5, 0.6) is 5.75 Å². The van der Waals surface area contributed by atoms with Gasteiger partial charge in [-0.25, -0.2) is 0 Å². The second-order valence-electron chi connectivity index (χ2n) is 8.54. The van der Waals surface area contributed by atoms with E-state index >= 15 is 0 Å². The Kier molecular flexibility index (Phi) is 4.27. The maximum atomic E-state index is 12.5. The summed E-state index contributed by atoms with van der Waals surface area (Å²) in [6.45, 7) is 8.81. The van der Waals surface area contributed by atoms with Gasteiger partial charge in [-0.3, -0.25) is 4.79 Å². The number of amides is 1. The minimum atomic E-state index is -0.132. The van der Waals surface area contributed by atoms with E-state index in [9.17, 15) is 4.79 Å². The summed E-state index contributed by atoms with van der Waals surface area (Å²) in [6, 6.07) is 8.90. The van der Waals surface area contributed by atoms with Gasteiger partial charge in [0.05, 0.1) is 6.04 Å². The standard InChI is InChI=1S/C21H30N2O2/c1-14(2)23-10-8-21(9-11-23)13-18(22-20(24)17-12-15(17)3)16-6-4-5-7-19(16)25-21/h4-7,14-15,17-18H,8-13H2,1-3H3,(H,22,24)/t15-,17-,18+/m1/s1. The van der Waals surface area contributed by atoms with Crippen molar-refractivity contribution in [2.45, 2.75) is 64.1 Å². The number of carbonyl (C=O) groups is 1.